The summed E-state index contributed by atoms with van der Waals surface area (Å²) < 4.78 is 7.15. The normalized spacial score (nSPS) is 11.2. The van der Waals surface area contributed by atoms with Gasteiger partial charge in [0.25, 0.3) is 11.5 Å². The lowest BCUT2D eigenvalue weighted by molar-refractivity contribution is 0.102. The minimum absolute atomic E-state index is 0.193. The van der Waals surface area contributed by atoms with E-state index in [4.69, 9.17) is 4.42 Å². The molecule has 1 N–H and O–H groups in total. The minimum Gasteiger partial charge on any atom is -0.436 e. The van der Waals surface area contributed by atoms with Crippen LogP contribution in [0.5, 0.6) is 0 Å². The van der Waals surface area contributed by atoms with Gasteiger partial charge in [0, 0.05) is 23.2 Å². The molecule has 158 valence electrons. The van der Waals surface area contributed by atoms with E-state index in [9.17, 15) is 9.59 Å². The molecule has 0 aliphatic rings. The summed E-state index contributed by atoms with van der Waals surface area (Å²) in [5, 5.41) is 8.23. The van der Waals surface area contributed by atoms with Crippen LogP contribution in [-0.2, 0) is 6.54 Å². The molecule has 2 aromatic heterocycles. The molecule has 0 saturated heterocycles. The highest BCUT2D eigenvalue weighted by atomic mass is 16.3. The van der Waals surface area contributed by atoms with E-state index in [1.165, 1.54) is 4.68 Å². The predicted molar refractivity (Wildman–Crippen MR) is 124 cm³/mol. The van der Waals surface area contributed by atoms with Gasteiger partial charge < -0.3 is 9.73 Å². The van der Waals surface area contributed by atoms with Gasteiger partial charge in [-0.3, -0.25) is 9.59 Å². The molecule has 0 aliphatic heterocycles. The Morgan fingerprint density at radius 2 is 1.69 bits per heavy atom. The van der Waals surface area contributed by atoms with Crippen LogP contribution in [0, 0.1) is 0 Å². The summed E-state index contributed by atoms with van der Waals surface area (Å²) in [4.78, 5) is 30.2. The zero-order valence-electron chi connectivity index (χ0n) is 17.4. The number of hydrogen-bond donors (Lipinski definition) is 1. The van der Waals surface area contributed by atoms with Crippen LogP contribution < -0.4 is 10.9 Å². The molecule has 7 heteroatoms. The average molecular weight is 424 g/mol. The van der Waals surface area contributed by atoms with Gasteiger partial charge in [-0.15, -0.1) is 0 Å². The molecule has 5 rings (SSSR count). The number of carbonyl (C=O) groups is 1. The van der Waals surface area contributed by atoms with Gasteiger partial charge >= 0.3 is 0 Å². The number of para-hydroxylation sites is 2. The first-order valence-electron chi connectivity index (χ1n) is 10.4. The molecular formula is C25H20N4O3. The maximum absolute atomic E-state index is 13.0. The van der Waals surface area contributed by atoms with Crippen molar-refractivity contribution in [1.82, 2.24) is 14.8 Å². The summed E-state index contributed by atoms with van der Waals surface area (Å²) in [5.41, 5.74) is 2.95. The molecule has 32 heavy (non-hydrogen) atoms. The number of benzene rings is 3. The summed E-state index contributed by atoms with van der Waals surface area (Å²) in [6.07, 6.45) is 0.740. The van der Waals surface area contributed by atoms with Gasteiger partial charge in [0.15, 0.2) is 11.3 Å². The van der Waals surface area contributed by atoms with Crippen molar-refractivity contribution in [2.75, 3.05) is 5.32 Å². The number of aromatic nitrogens is 3. The molecule has 0 fully saturated rings. The molecule has 0 spiro atoms. The highest BCUT2D eigenvalue weighted by Crippen LogP contribution is 2.25. The van der Waals surface area contributed by atoms with Crippen molar-refractivity contribution in [1.29, 1.82) is 0 Å². The third-order valence-electron chi connectivity index (χ3n) is 5.20. The summed E-state index contributed by atoms with van der Waals surface area (Å²) in [6, 6.07) is 21.9. The van der Waals surface area contributed by atoms with E-state index in [0.717, 1.165) is 23.1 Å². The quantitative estimate of drug-likeness (QED) is 0.435. The van der Waals surface area contributed by atoms with Crippen molar-refractivity contribution in [2.45, 2.75) is 19.9 Å². The maximum atomic E-state index is 13.0. The smallest absolute Gasteiger partial charge is 0.276 e. The molecule has 2 heterocycles. The van der Waals surface area contributed by atoms with Crippen molar-refractivity contribution >= 4 is 33.5 Å². The first kappa shape index (κ1) is 19.7. The molecule has 0 unspecified atom stereocenters. The van der Waals surface area contributed by atoms with Crippen LogP contribution in [0.4, 0.5) is 5.69 Å². The number of carbonyl (C=O) groups excluding carboxylic acids is 1. The van der Waals surface area contributed by atoms with Crippen LogP contribution in [0.3, 0.4) is 0 Å². The van der Waals surface area contributed by atoms with Crippen molar-refractivity contribution in [3.05, 3.63) is 88.8 Å². The van der Waals surface area contributed by atoms with E-state index in [2.05, 4.69) is 15.4 Å². The van der Waals surface area contributed by atoms with Crippen LogP contribution in [0.15, 0.2) is 82.0 Å². The first-order valence-corrected chi connectivity index (χ1v) is 10.4. The van der Waals surface area contributed by atoms with Gasteiger partial charge in [0.05, 0.1) is 5.39 Å². The van der Waals surface area contributed by atoms with E-state index >= 15 is 0 Å². The molecule has 0 aliphatic carbocycles. The van der Waals surface area contributed by atoms with Gasteiger partial charge in [-0.2, -0.15) is 5.10 Å². The number of fused-ring (bicyclic) bond motifs is 2. The molecule has 0 radical (unpaired) electrons. The van der Waals surface area contributed by atoms with E-state index < -0.39 is 0 Å². The van der Waals surface area contributed by atoms with Crippen LogP contribution in [0.2, 0.25) is 0 Å². The third-order valence-corrected chi connectivity index (χ3v) is 5.20. The molecule has 0 bridgehead atoms. The molecule has 0 saturated carbocycles. The van der Waals surface area contributed by atoms with Gasteiger partial charge in [0.1, 0.15) is 5.52 Å². The van der Waals surface area contributed by atoms with E-state index in [-0.39, 0.29) is 17.2 Å². The Morgan fingerprint density at radius 1 is 0.969 bits per heavy atom. The summed E-state index contributed by atoms with van der Waals surface area (Å²) >= 11 is 0. The molecule has 7 nitrogen and oxygen atoms in total. The Kier molecular flexibility index (Phi) is 4.99. The molecule has 0 atom stereocenters. The monoisotopic (exact) mass is 424 g/mol. The van der Waals surface area contributed by atoms with Crippen molar-refractivity contribution in [3.63, 3.8) is 0 Å². The van der Waals surface area contributed by atoms with Gasteiger partial charge in [-0.05, 0) is 48.9 Å². The zero-order valence-corrected chi connectivity index (χ0v) is 17.4. The highest BCUT2D eigenvalue weighted by Gasteiger charge is 2.17. The number of amides is 1. The number of nitrogens with zero attached hydrogens (tertiary/aromatic N) is 3. The number of hydrogen-bond acceptors (Lipinski definition) is 5. The Morgan fingerprint density at radius 3 is 2.44 bits per heavy atom. The Labute approximate surface area is 183 Å². The lowest BCUT2D eigenvalue weighted by Crippen LogP contribution is -2.27. The topological polar surface area (TPSA) is 90.0 Å². The van der Waals surface area contributed by atoms with Crippen LogP contribution in [-0.4, -0.2) is 20.7 Å². The van der Waals surface area contributed by atoms with Gasteiger partial charge in [-0.25, -0.2) is 9.67 Å². The maximum Gasteiger partial charge on any atom is 0.276 e. The fourth-order valence-electron chi connectivity index (χ4n) is 3.65. The lowest BCUT2D eigenvalue weighted by Gasteiger charge is -2.11. The summed E-state index contributed by atoms with van der Waals surface area (Å²) in [6.45, 7) is 2.41. The van der Waals surface area contributed by atoms with Crippen LogP contribution in [0.25, 0.3) is 33.3 Å². The van der Waals surface area contributed by atoms with Crippen molar-refractivity contribution < 1.29 is 9.21 Å². The third kappa shape index (κ3) is 3.54. The Bertz CT molecular complexity index is 1470. The second-order valence-electron chi connectivity index (χ2n) is 7.44. The number of oxazole rings is 1. The van der Waals surface area contributed by atoms with Crippen LogP contribution >= 0.6 is 0 Å². The Hall–Kier alpha value is -4.26. The van der Waals surface area contributed by atoms with Gasteiger partial charge in [0.2, 0.25) is 5.89 Å². The first-order chi connectivity index (χ1) is 15.6. The lowest BCUT2D eigenvalue weighted by atomic mass is 10.1. The SMILES string of the molecule is CCCn1nc(C(=O)Nc2ccc(-c3nc4ccccc4o3)cc2)c2ccccc2c1=O. The van der Waals surface area contributed by atoms with Crippen LogP contribution in [0.1, 0.15) is 23.8 Å². The van der Waals surface area contributed by atoms with Crippen molar-refractivity contribution in [2.24, 2.45) is 0 Å². The second kappa shape index (κ2) is 8.11. The molecular weight excluding hydrogens is 404 g/mol. The van der Waals surface area contributed by atoms with E-state index in [0.29, 0.717) is 28.9 Å². The Balaban J connectivity index is 1.44. The predicted octanol–water partition coefficient (Wildman–Crippen LogP) is 4.87. The standard InChI is InChI=1S/C25H20N4O3/c1-2-15-29-25(31)19-8-4-3-7-18(19)22(28-29)23(30)26-17-13-11-16(12-14-17)24-27-20-9-5-6-10-21(20)32-24/h3-14H,2,15H2,1H3,(H,26,30). The molecule has 1 amide bonds. The molecule has 3 aromatic carbocycles. The van der Waals surface area contributed by atoms with Crippen molar-refractivity contribution in [3.8, 4) is 11.5 Å². The molecule has 5 aromatic rings. The number of nitrogens with one attached hydrogen (secondary N) is 1. The summed E-state index contributed by atoms with van der Waals surface area (Å²) in [7, 11) is 0. The zero-order chi connectivity index (χ0) is 22.1. The van der Waals surface area contributed by atoms with E-state index in [1.807, 2.05) is 43.3 Å². The highest BCUT2D eigenvalue weighted by molar-refractivity contribution is 6.11. The summed E-state index contributed by atoms with van der Waals surface area (Å²) in [5.74, 6) is 0.143. The number of aryl methyl sites for hydroxylation is 1. The fraction of sp³-hybridized carbons (Fsp3) is 0.120. The second-order valence-corrected chi connectivity index (χ2v) is 7.44. The number of rotatable bonds is 5. The average Bonchev–Trinajstić information content (AvgIpc) is 3.26. The van der Waals surface area contributed by atoms with E-state index in [1.54, 1.807) is 36.4 Å². The fourth-order valence-corrected chi connectivity index (χ4v) is 3.65. The van der Waals surface area contributed by atoms with Gasteiger partial charge in [-0.1, -0.05) is 37.3 Å². The largest absolute Gasteiger partial charge is 0.436 e. The number of anilines is 1. The minimum atomic E-state index is -0.374.